The highest BCUT2D eigenvalue weighted by Gasteiger charge is 2.63. The molecule has 139 heavy (non-hydrogen) atoms. The molecule has 26 atom stereocenters. The number of hydrogen-bond acceptors (Lipinski definition) is 31. The Kier molecular flexibility index (Phi) is 36.4. The van der Waals surface area contributed by atoms with E-state index in [0.717, 1.165) is 25.7 Å². The van der Waals surface area contributed by atoms with Crippen LogP contribution in [0.5, 0.6) is 0 Å². The van der Waals surface area contributed by atoms with E-state index in [0.29, 0.717) is 62.3 Å². The van der Waals surface area contributed by atoms with Crippen molar-refractivity contribution in [3.05, 3.63) is 54.4 Å². The first-order valence-corrected chi connectivity index (χ1v) is 51.2. The zero-order valence-corrected chi connectivity index (χ0v) is 89.4. The zero-order valence-electron chi connectivity index (χ0n) is 88.6. The molecule has 12 fully saturated rings. The van der Waals surface area contributed by atoms with Crippen molar-refractivity contribution >= 4 is 77.5 Å². The summed E-state index contributed by atoms with van der Waals surface area (Å²) in [6.45, 7) is 50.5. The van der Waals surface area contributed by atoms with Gasteiger partial charge >= 0.3 is 54.2 Å². The summed E-state index contributed by atoms with van der Waals surface area (Å²) in [5.41, 5.74) is -10.8. The summed E-state index contributed by atoms with van der Waals surface area (Å²) in [7, 11) is 7.96. The minimum absolute atomic E-state index is 0.00396. The summed E-state index contributed by atoms with van der Waals surface area (Å²) in [5, 5.41) is 11.9. The van der Waals surface area contributed by atoms with E-state index in [4.69, 9.17) is 66.3 Å². The predicted molar refractivity (Wildman–Crippen MR) is 517 cm³/mol. The molecule has 0 spiro atoms. The molecule has 11 heterocycles. The van der Waals surface area contributed by atoms with Crippen molar-refractivity contribution in [2.45, 2.75) is 418 Å². The molecule has 2 saturated carbocycles. The van der Waals surface area contributed by atoms with Gasteiger partial charge in [0, 0.05) is 98.5 Å². The van der Waals surface area contributed by atoms with Crippen LogP contribution in [0.15, 0.2) is 53.9 Å². The summed E-state index contributed by atoms with van der Waals surface area (Å²) in [6, 6.07) is 9.66. The van der Waals surface area contributed by atoms with Crippen molar-refractivity contribution in [3.63, 3.8) is 0 Å². The van der Waals surface area contributed by atoms with E-state index < -0.39 is 188 Å². The third-order valence-electron chi connectivity index (χ3n) is 29.4. The Bertz CT molecular complexity index is 4600. The highest BCUT2D eigenvalue weighted by molar-refractivity contribution is 7.99. The van der Waals surface area contributed by atoms with Crippen molar-refractivity contribution in [1.29, 1.82) is 0 Å². The number of aliphatic hydroxyl groups is 1. The first-order valence-electron chi connectivity index (χ1n) is 50.3. The number of aliphatic hydroxyl groups excluding tert-OH is 1. The van der Waals surface area contributed by atoms with Gasteiger partial charge in [-0.05, 0) is 274 Å². The fourth-order valence-electron chi connectivity index (χ4n) is 21.7. The Morgan fingerprint density at radius 3 is 1.37 bits per heavy atom. The van der Waals surface area contributed by atoms with Gasteiger partial charge in [-0.1, -0.05) is 78.4 Å². The molecule has 2 aliphatic carbocycles. The summed E-state index contributed by atoms with van der Waals surface area (Å²) in [6.07, 6.45) is 1.98. The normalized spacial score (nSPS) is 35.8. The third kappa shape index (κ3) is 27.6. The van der Waals surface area contributed by atoms with E-state index >= 15 is 4.79 Å². The summed E-state index contributed by atoms with van der Waals surface area (Å²) >= 11 is 1.32. The molecule has 14 rings (SSSR count). The number of esters is 5. The summed E-state index contributed by atoms with van der Waals surface area (Å²) < 4.78 is 87.4. The number of carbonyl (C=O) groups excluding carboxylic acids is 11. The van der Waals surface area contributed by atoms with Crippen LogP contribution >= 0.6 is 11.8 Å². The first kappa shape index (κ1) is 113. The lowest BCUT2D eigenvalue weighted by molar-refractivity contribution is -0.289. The molecule has 1 N–H and O–H groups in total. The van der Waals surface area contributed by atoms with Gasteiger partial charge in [-0.2, -0.15) is 0 Å². The maximum absolute atomic E-state index is 15.1. The molecule has 1 aromatic carbocycles. The molecule has 10 aliphatic heterocycles. The number of carbonyl (C=O) groups is 11. The lowest BCUT2D eigenvalue weighted by Gasteiger charge is -2.50. The van der Waals surface area contributed by atoms with E-state index in [-0.39, 0.29) is 118 Å². The number of fused-ring (bicyclic) bond motifs is 20. The number of aromatic nitrogens is 2. The molecule has 35 heteroatoms. The quantitative estimate of drug-likeness (QED) is 0.0706. The van der Waals surface area contributed by atoms with Gasteiger partial charge in [0.15, 0.2) is 40.3 Å². The standard InChI is InChI=1S/C47H79N3O12.C30H49NO9.C27H36N4O5S/c1-17-35-47(14)33(23-36(51)60-47)30(5)49(41(54)61-43(6,7)8)25-27(2)24-46(13)38(29(4)37(52)45(12,20-21-56-46)40(53)58-35)59-39-28(3)34(48(15)16)22-32(57-39)26-50(31-18-19-31)42(55)62-44(9,10)11;1-11-21-30(10)20(14-22(32)39-30)19(4)31(26(36)40-27(5,6)7)16-17(2)15-29(9)24(34)18(3)23(33)28(8,12-13-37-29)25(35)38-21;1-27(2,3)36-26(33)31(19-12-13-19)17-20-16-21(30(4)5)22(35-23(32)18-10-7-6-8-11-18)24(34-20)37-25-28-14-9-15-29-25/h27-35,38-39H,17-26H2,1-16H3;17-21,24,34H,11-16H2,1-10H3;6-11,14-15,19-22,24H,12-13,16-17H2,1-5H3/t27-,28?,29+,30-,32?,33-,34?,35-,38-,39+,45-,46+,47+;17-,18+,19-,20-,21-,24-,28-,29+,30+;20-,21-,22+,24-/m110/s1. The van der Waals surface area contributed by atoms with Crippen LogP contribution in [0.3, 0.4) is 0 Å². The van der Waals surface area contributed by atoms with Gasteiger partial charge < -0.3 is 101 Å². The van der Waals surface area contributed by atoms with Crippen molar-refractivity contribution in [2.75, 3.05) is 67.6 Å². The molecular formula is C104H164N8O26S. The average Bonchev–Trinajstić information content (AvgIpc) is 1.71. The second-order valence-electron chi connectivity index (χ2n) is 46.5. The molecular weight excluding hydrogens is 1810 g/mol. The van der Waals surface area contributed by atoms with Crippen LogP contribution in [0.2, 0.25) is 0 Å². The van der Waals surface area contributed by atoms with Crippen LogP contribution in [-0.2, 0) is 95.1 Å². The largest absolute Gasteiger partial charge is 0.457 e. The highest BCUT2D eigenvalue weighted by atomic mass is 32.2. The summed E-state index contributed by atoms with van der Waals surface area (Å²) in [4.78, 5) is 170. The average molecular weight is 1970 g/mol. The number of Topliss-reactive ketones (excluding diaryl/α,β-unsaturated/α-hetero) is 2. The number of nitrogens with zero attached hydrogens (tertiary/aromatic N) is 8. The van der Waals surface area contributed by atoms with Gasteiger partial charge in [-0.3, -0.25) is 28.8 Å². The monoisotopic (exact) mass is 1970 g/mol. The van der Waals surface area contributed by atoms with Gasteiger partial charge in [-0.25, -0.2) is 33.9 Å². The van der Waals surface area contributed by atoms with Gasteiger partial charge in [0.2, 0.25) is 0 Å². The van der Waals surface area contributed by atoms with Crippen LogP contribution in [0.25, 0.3) is 0 Å². The van der Waals surface area contributed by atoms with Crippen molar-refractivity contribution in [3.8, 4) is 0 Å². The Labute approximate surface area is 828 Å². The van der Waals surface area contributed by atoms with Crippen LogP contribution in [-0.4, -0.2) is 313 Å². The molecule has 34 nitrogen and oxygen atoms in total. The van der Waals surface area contributed by atoms with Crippen molar-refractivity contribution < 1.29 is 124 Å². The third-order valence-corrected chi connectivity index (χ3v) is 30.4. The molecule has 1 aromatic heterocycles. The number of amides is 4. The molecule has 782 valence electrons. The second-order valence-corrected chi connectivity index (χ2v) is 47.5. The molecule has 4 amide bonds. The highest BCUT2D eigenvalue weighted by Crippen LogP contribution is 2.51. The van der Waals surface area contributed by atoms with E-state index in [1.165, 1.54) is 18.7 Å². The number of ketones is 2. The number of benzene rings is 1. The fourth-order valence-corrected chi connectivity index (χ4v) is 22.7. The molecule has 2 aromatic rings. The van der Waals surface area contributed by atoms with Crippen molar-refractivity contribution in [2.24, 2.45) is 52.3 Å². The van der Waals surface area contributed by atoms with E-state index in [1.54, 1.807) is 125 Å². The van der Waals surface area contributed by atoms with Gasteiger partial charge in [-0.15, -0.1) is 0 Å². The van der Waals surface area contributed by atoms with Crippen molar-refractivity contribution in [1.82, 2.24) is 39.4 Å². The molecule has 4 bridgehead atoms. The lowest BCUT2D eigenvalue weighted by Crippen LogP contribution is -2.60. The first-order chi connectivity index (χ1) is 64.4. The molecule has 10 saturated heterocycles. The van der Waals surface area contributed by atoms with E-state index in [2.05, 4.69) is 21.8 Å². The number of likely N-dealkylation sites (N-methyl/N-ethyl adjacent to an activating group) is 1. The predicted octanol–water partition coefficient (Wildman–Crippen LogP) is 15.4. The number of rotatable bonds is 16. The van der Waals surface area contributed by atoms with Crippen LogP contribution in [0.4, 0.5) is 19.2 Å². The molecule has 0 radical (unpaired) electrons. The maximum Gasteiger partial charge on any atom is 0.410 e. The number of thioether (sulfide) groups is 1. The van der Waals surface area contributed by atoms with E-state index in [1.807, 2.05) is 150 Å². The Balaban J connectivity index is 0.000000225. The SMILES string of the molecule is CC[C@H]1OC(=O)[C@]2(C)CCO[C@@](C)(C[C@@H](C)CN(C(=O)OC(C)(C)C)[C@H](C)[C@H]3CC(=O)O[C@@]31C)[C@H](O)[C@@H](C)C2=O.CC[C@H]1OC(=O)[C@]2(C)CCO[C@@](C)(C[C@@H](C)CN(C(=O)OC(C)(C)C)[C@H](C)[C@H]3CC(=O)O[C@@]31C)[C@H](O[C@@H]1OC(CN(C(=O)OC(C)(C)C)C3CC3)CC(N(C)C)C1C)[C@@H](C)C2=O.CN(C)[C@H]1C[C@@H](CN(C(=O)OC(C)(C)C)C2CC2)O[C@@H](Sc2ncccn2)[C@@H]1OC(=O)c1ccccc1. The minimum Gasteiger partial charge on any atom is -0.457 e. The minimum atomic E-state index is -1.63. The molecule has 12 aliphatic rings. The molecule has 3 unspecified atom stereocenters. The summed E-state index contributed by atoms with van der Waals surface area (Å²) in [5.74, 6) is -6.98. The lowest BCUT2D eigenvalue weighted by atomic mass is 9.70. The fraction of sp³-hybridized carbons (Fsp3) is 0.798. The second kappa shape index (κ2) is 44.8. The maximum atomic E-state index is 15.1. The zero-order chi connectivity index (χ0) is 103. The van der Waals surface area contributed by atoms with Crippen LogP contribution in [0, 0.1) is 52.3 Å². The van der Waals surface area contributed by atoms with Gasteiger partial charge in [0.05, 0.1) is 73.2 Å². The Morgan fingerprint density at radius 1 is 0.540 bits per heavy atom. The number of hydrogen-bond donors (Lipinski definition) is 1. The van der Waals surface area contributed by atoms with E-state index in [9.17, 15) is 53.1 Å². The Morgan fingerprint density at radius 2 is 0.950 bits per heavy atom. The smallest absolute Gasteiger partial charge is 0.410 e. The Hall–Kier alpha value is -7.90. The topological polar surface area (TPSA) is 382 Å². The van der Waals surface area contributed by atoms with Crippen LogP contribution in [0.1, 0.15) is 287 Å². The van der Waals surface area contributed by atoms with Gasteiger partial charge in [0.1, 0.15) is 50.9 Å². The number of ether oxygens (including phenoxy) is 14. The van der Waals surface area contributed by atoms with Crippen LogP contribution < -0.4 is 0 Å². The van der Waals surface area contributed by atoms with Gasteiger partial charge in [0.25, 0.3) is 0 Å².